The van der Waals surface area contributed by atoms with Crippen molar-refractivity contribution in [3.63, 3.8) is 0 Å². The first-order chi connectivity index (χ1) is 28.0. The fraction of sp³-hybridized carbons (Fsp3) is 0.0370. The number of benzene rings is 8. The maximum atomic E-state index is 5.15. The van der Waals surface area contributed by atoms with Gasteiger partial charge in [-0.25, -0.2) is 9.97 Å². The summed E-state index contributed by atoms with van der Waals surface area (Å²) in [6.07, 6.45) is 0. The molecule has 9 aromatic rings. The summed E-state index contributed by atoms with van der Waals surface area (Å²) in [6.45, 7) is 4.96. The molecular weight excluding hydrogens is 705 g/mol. The summed E-state index contributed by atoms with van der Waals surface area (Å²) in [5.74, 6) is 0.704. The number of aromatic nitrogens is 2. The molecule has 1 aromatic heterocycles. The average molecular weight is 745 g/mol. The van der Waals surface area contributed by atoms with Crippen LogP contribution < -0.4 is 10.4 Å². The van der Waals surface area contributed by atoms with Crippen molar-refractivity contribution >= 4 is 18.4 Å². The lowest BCUT2D eigenvalue weighted by atomic mass is 9.95. The molecule has 57 heavy (non-hydrogen) atoms. The van der Waals surface area contributed by atoms with Gasteiger partial charge in [-0.2, -0.15) is 0 Å². The van der Waals surface area contributed by atoms with Gasteiger partial charge in [-0.1, -0.05) is 195 Å². The second-order valence-electron chi connectivity index (χ2n) is 15.4. The minimum absolute atomic E-state index is 0.704. The number of rotatable bonds is 7. The van der Waals surface area contributed by atoms with E-state index in [1.165, 1.54) is 49.7 Å². The Balaban J connectivity index is 0.958. The lowest BCUT2D eigenvalue weighted by Crippen LogP contribution is -2.49. The van der Waals surface area contributed by atoms with Crippen molar-refractivity contribution in [2.24, 2.45) is 0 Å². The van der Waals surface area contributed by atoms with Gasteiger partial charge in [0.2, 0.25) is 0 Å². The Labute approximate surface area is 335 Å². The van der Waals surface area contributed by atoms with Gasteiger partial charge in [0.25, 0.3) is 0 Å². The molecule has 270 valence electrons. The standard InChI is InChI=1S/C54H40N2Si/c1-57(2)52-25-10-9-24-48(52)49-31-30-46(35-53(49)57)45-22-12-21-44(33-45)43-20-11-18-41(32-43)38-26-28-40(29-27-38)54-55-50(39-16-7-4-8-17-39)36-51(56-54)47-23-13-19-42(34-47)37-14-5-3-6-15-37/h3-36H,1-2H3. The summed E-state index contributed by atoms with van der Waals surface area (Å²) in [5, 5.41) is 3.07. The summed E-state index contributed by atoms with van der Waals surface area (Å²) < 4.78 is 0. The van der Waals surface area contributed by atoms with Crippen molar-refractivity contribution in [1.82, 2.24) is 9.97 Å². The quantitative estimate of drug-likeness (QED) is 0.152. The third-order valence-corrected chi connectivity index (χ3v) is 15.1. The number of nitrogens with zero attached hydrogens (tertiary/aromatic N) is 2. The van der Waals surface area contributed by atoms with Gasteiger partial charge in [-0.15, -0.1) is 0 Å². The van der Waals surface area contributed by atoms with Gasteiger partial charge in [-0.3, -0.25) is 0 Å². The molecule has 0 unspecified atom stereocenters. The monoisotopic (exact) mass is 744 g/mol. The van der Waals surface area contributed by atoms with Crippen LogP contribution in [0.5, 0.6) is 0 Å². The maximum absolute atomic E-state index is 5.15. The maximum Gasteiger partial charge on any atom is 0.160 e. The lowest BCUT2D eigenvalue weighted by molar-refractivity contribution is 1.18. The smallest absolute Gasteiger partial charge is 0.160 e. The van der Waals surface area contributed by atoms with E-state index in [9.17, 15) is 0 Å². The molecule has 1 aliphatic heterocycles. The van der Waals surface area contributed by atoms with Gasteiger partial charge in [0.15, 0.2) is 5.82 Å². The van der Waals surface area contributed by atoms with E-state index in [-0.39, 0.29) is 0 Å². The fourth-order valence-corrected chi connectivity index (χ4v) is 11.5. The molecule has 0 fully saturated rings. The zero-order valence-corrected chi connectivity index (χ0v) is 33.0. The van der Waals surface area contributed by atoms with Crippen LogP contribution in [0.25, 0.3) is 89.5 Å². The Kier molecular flexibility index (Phi) is 8.66. The first-order valence-electron chi connectivity index (χ1n) is 19.6. The summed E-state index contributed by atoms with van der Waals surface area (Å²) in [4.78, 5) is 10.3. The minimum Gasteiger partial charge on any atom is -0.228 e. The molecule has 3 heteroatoms. The number of fused-ring (bicyclic) bond motifs is 3. The van der Waals surface area contributed by atoms with Gasteiger partial charge in [0.05, 0.1) is 11.4 Å². The van der Waals surface area contributed by atoms with E-state index in [1.807, 2.05) is 12.1 Å². The molecule has 0 saturated heterocycles. The van der Waals surface area contributed by atoms with Gasteiger partial charge >= 0.3 is 0 Å². The third kappa shape index (κ3) is 6.52. The van der Waals surface area contributed by atoms with Crippen LogP contribution in [0.1, 0.15) is 0 Å². The summed E-state index contributed by atoms with van der Waals surface area (Å²) in [7, 11) is -1.75. The molecular formula is C54H40N2Si. The number of hydrogen-bond acceptors (Lipinski definition) is 2. The Bertz CT molecular complexity index is 2910. The van der Waals surface area contributed by atoms with Crippen molar-refractivity contribution in [2.45, 2.75) is 13.1 Å². The molecule has 0 saturated carbocycles. The van der Waals surface area contributed by atoms with Crippen LogP contribution in [-0.4, -0.2) is 18.0 Å². The predicted molar refractivity (Wildman–Crippen MR) is 242 cm³/mol. The van der Waals surface area contributed by atoms with E-state index in [4.69, 9.17) is 9.97 Å². The molecule has 2 heterocycles. The highest BCUT2D eigenvalue weighted by Crippen LogP contribution is 2.35. The van der Waals surface area contributed by atoms with Crippen LogP contribution in [0, 0.1) is 0 Å². The summed E-state index contributed by atoms with van der Waals surface area (Å²) >= 11 is 0. The Morgan fingerprint density at radius 3 is 1.32 bits per heavy atom. The topological polar surface area (TPSA) is 25.8 Å². The van der Waals surface area contributed by atoms with Gasteiger partial charge in [0, 0.05) is 16.7 Å². The van der Waals surface area contributed by atoms with Crippen LogP contribution in [-0.2, 0) is 0 Å². The molecule has 0 N–H and O–H groups in total. The van der Waals surface area contributed by atoms with Crippen molar-refractivity contribution < 1.29 is 0 Å². The van der Waals surface area contributed by atoms with Crippen molar-refractivity contribution in [3.8, 4) is 89.5 Å². The molecule has 0 radical (unpaired) electrons. The Morgan fingerprint density at radius 2 is 0.684 bits per heavy atom. The molecule has 0 aliphatic carbocycles. The van der Waals surface area contributed by atoms with E-state index in [2.05, 4.69) is 207 Å². The fourth-order valence-electron chi connectivity index (χ4n) is 8.42. The minimum atomic E-state index is -1.75. The SMILES string of the molecule is C[Si]1(C)c2ccccc2-c2ccc(-c3cccc(-c4cccc(-c5ccc(-c6nc(-c7ccccc7)cc(-c7cccc(-c8ccccc8)c7)n6)cc5)c4)c3)cc21. The van der Waals surface area contributed by atoms with Gasteiger partial charge in [0.1, 0.15) is 8.07 Å². The van der Waals surface area contributed by atoms with Crippen LogP contribution in [0.2, 0.25) is 13.1 Å². The predicted octanol–water partition coefficient (Wildman–Crippen LogP) is 12.9. The third-order valence-electron chi connectivity index (χ3n) is 11.5. The average Bonchev–Trinajstić information content (AvgIpc) is 3.52. The Hall–Kier alpha value is -6.94. The van der Waals surface area contributed by atoms with E-state index < -0.39 is 8.07 Å². The molecule has 2 nitrogen and oxygen atoms in total. The highest BCUT2D eigenvalue weighted by atomic mass is 28.3. The second kappa shape index (κ2) is 14.3. The number of hydrogen-bond donors (Lipinski definition) is 0. The molecule has 0 bridgehead atoms. The molecule has 1 aliphatic rings. The van der Waals surface area contributed by atoms with Gasteiger partial charge in [-0.05, 0) is 90.3 Å². The highest BCUT2D eigenvalue weighted by molar-refractivity contribution is 7.03. The van der Waals surface area contributed by atoms with E-state index in [1.54, 1.807) is 5.19 Å². The first-order valence-corrected chi connectivity index (χ1v) is 22.6. The van der Waals surface area contributed by atoms with Crippen molar-refractivity contribution in [1.29, 1.82) is 0 Å². The summed E-state index contributed by atoms with van der Waals surface area (Å²) in [5.41, 5.74) is 17.3. The largest absolute Gasteiger partial charge is 0.228 e. The van der Waals surface area contributed by atoms with Crippen LogP contribution in [0.15, 0.2) is 206 Å². The molecule has 0 atom stereocenters. The summed E-state index contributed by atoms with van der Waals surface area (Å²) in [6, 6.07) is 74.2. The molecule has 0 amide bonds. The highest BCUT2D eigenvalue weighted by Gasteiger charge is 2.37. The van der Waals surface area contributed by atoms with Crippen LogP contribution >= 0.6 is 0 Å². The van der Waals surface area contributed by atoms with E-state index >= 15 is 0 Å². The zero-order valence-electron chi connectivity index (χ0n) is 32.0. The van der Waals surface area contributed by atoms with Crippen molar-refractivity contribution in [2.75, 3.05) is 0 Å². The molecule has 8 aromatic carbocycles. The second-order valence-corrected chi connectivity index (χ2v) is 19.8. The van der Waals surface area contributed by atoms with Crippen molar-refractivity contribution in [3.05, 3.63) is 206 Å². The van der Waals surface area contributed by atoms with Crippen LogP contribution in [0.4, 0.5) is 0 Å². The zero-order chi connectivity index (χ0) is 38.3. The Morgan fingerprint density at radius 1 is 0.281 bits per heavy atom. The molecule has 0 spiro atoms. The van der Waals surface area contributed by atoms with E-state index in [0.717, 1.165) is 39.2 Å². The van der Waals surface area contributed by atoms with Gasteiger partial charge < -0.3 is 0 Å². The lowest BCUT2D eigenvalue weighted by Gasteiger charge is -2.19. The first kappa shape index (κ1) is 34.5. The van der Waals surface area contributed by atoms with Crippen LogP contribution in [0.3, 0.4) is 0 Å². The normalized spacial score (nSPS) is 12.5. The molecule has 10 rings (SSSR count). The van der Waals surface area contributed by atoms with E-state index in [0.29, 0.717) is 5.82 Å².